The lowest BCUT2D eigenvalue weighted by Crippen LogP contribution is -2.28. The van der Waals surface area contributed by atoms with Crippen LogP contribution in [0.5, 0.6) is 17.4 Å². The third-order valence-electron chi connectivity index (χ3n) is 5.70. The summed E-state index contributed by atoms with van der Waals surface area (Å²) < 4.78 is 12.5. The minimum Gasteiger partial charge on any atom is -0.508 e. The number of nitrogens with two attached hydrogens (primary N) is 1. The number of aryl methyl sites for hydroxylation is 1. The van der Waals surface area contributed by atoms with Gasteiger partial charge in [0, 0.05) is 24.7 Å². The Balaban J connectivity index is 1.31. The molecule has 188 valence electrons. The highest BCUT2D eigenvalue weighted by molar-refractivity contribution is 5.94. The number of aromatic nitrogens is 5. The lowest BCUT2D eigenvalue weighted by Gasteiger charge is -2.13. The van der Waals surface area contributed by atoms with Gasteiger partial charge in [0.25, 0.3) is 5.91 Å². The predicted octanol–water partition coefficient (Wildman–Crippen LogP) is 3.04. The number of hydrogen-bond donors (Lipinski definition) is 4. The topological polar surface area (TPSA) is 174 Å². The van der Waals surface area contributed by atoms with Gasteiger partial charge in [0.2, 0.25) is 5.88 Å². The summed E-state index contributed by atoms with van der Waals surface area (Å²) in [5.74, 6) is 1.08. The van der Waals surface area contributed by atoms with E-state index in [0.717, 1.165) is 5.52 Å². The number of phenolic OH excluding ortho intramolecular Hbond substituents is 1. The number of aliphatic hydroxyl groups excluding tert-OH is 1. The zero-order valence-electron chi connectivity index (χ0n) is 19.7. The number of anilines is 1. The highest BCUT2D eigenvalue weighted by Gasteiger charge is 2.19. The number of nitrogen functional groups attached to an aromatic ring is 1. The van der Waals surface area contributed by atoms with Crippen molar-refractivity contribution < 1.29 is 24.4 Å². The minimum absolute atomic E-state index is 0.00180. The number of phenols is 1. The first-order valence-corrected chi connectivity index (χ1v) is 11.4. The van der Waals surface area contributed by atoms with E-state index in [4.69, 9.17) is 15.1 Å². The summed E-state index contributed by atoms with van der Waals surface area (Å²) in [4.78, 5) is 21.5. The highest BCUT2D eigenvalue weighted by Crippen LogP contribution is 2.29. The van der Waals surface area contributed by atoms with Crippen molar-refractivity contribution in [1.82, 2.24) is 30.2 Å². The molecule has 1 unspecified atom stereocenters. The standard InChI is InChI=1S/C25H23N7O5/c1-2-32-19-11-21(27-12-18(19)29-24(32)22-23(26)31-37-30-22)36-17-5-3-4-15(10-17)25(35)28-13-20(34)14-6-8-16(33)9-7-14/h3-12,20,33-34H,2,13H2,1H3,(H2,26,31)(H,28,35). The van der Waals surface area contributed by atoms with Gasteiger partial charge in [-0.05, 0) is 53.1 Å². The average molecular weight is 502 g/mol. The van der Waals surface area contributed by atoms with Crippen LogP contribution in [0, 0.1) is 0 Å². The van der Waals surface area contributed by atoms with Gasteiger partial charge < -0.3 is 30.6 Å². The van der Waals surface area contributed by atoms with Crippen LogP contribution in [0.1, 0.15) is 28.9 Å². The largest absolute Gasteiger partial charge is 0.508 e. The van der Waals surface area contributed by atoms with Crippen LogP contribution >= 0.6 is 0 Å². The fraction of sp³-hybridized carbons (Fsp3) is 0.160. The SMILES string of the molecule is CCn1c(-c2nonc2N)nc2cnc(Oc3cccc(C(=O)NCC(O)c4ccc(O)cc4)c3)cc21. The zero-order chi connectivity index (χ0) is 25.9. The van der Waals surface area contributed by atoms with Crippen LogP contribution in [0.15, 0.2) is 65.4 Å². The second-order valence-corrected chi connectivity index (χ2v) is 8.14. The van der Waals surface area contributed by atoms with Gasteiger partial charge in [-0.2, -0.15) is 0 Å². The number of pyridine rings is 1. The first-order valence-electron chi connectivity index (χ1n) is 11.4. The van der Waals surface area contributed by atoms with Crippen molar-refractivity contribution in [2.75, 3.05) is 12.3 Å². The first kappa shape index (κ1) is 23.8. The maximum absolute atomic E-state index is 12.7. The van der Waals surface area contributed by atoms with Crippen molar-refractivity contribution in [3.8, 4) is 28.9 Å². The van der Waals surface area contributed by atoms with Gasteiger partial charge in [-0.25, -0.2) is 14.6 Å². The number of hydrogen-bond acceptors (Lipinski definition) is 10. The lowest BCUT2D eigenvalue weighted by molar-refractivity contribution is 0.0916. The fourth-order valence-electron chi connectivity index (χ4n) is 3.84. The number of nitrogens with one attached hydrogen (secondary N) is 1. The summed E-state index contributed by atoms with van der Waals surface area (Å²) in [6.45, 7) is 2.53. The Morgan fingerprint density at radius 2 is 2.00 bits per heavy atom. The summed E-state index contributed by atoms with van der Waals surface area (Å²) in [6, 6.07) is 14.5. The van der Waals surface area contributed by atoms with Crippen molar-refractivity contribution in [3.63, 3.8) is 0 Å². The predicted molar refractivity (Wildman–Crippen MR) is 133 cm³/mol. The van der Waals surface area contributed by atoms with Crippen molar-refractivity contribution in [1.29, 1.82) is 0 Å². The molecular formula is C25H23N7O5. The Morgan fingerprint density at radius 1 is 1.19 bits per heavy atom. The molecule has 0 spiro atoms. The Labute approximate surface area is 210 Å². The third kappa shape index (κ3) is 4.90. The summed E-state index contributed by atoms with van der Waals surface area (Å²) in [7, 11) is 0. The Hall–Kier alpha value is -4.97. The number of aliphatic hydroxyl groups is 1. The molecule has 0 radical (unpaired) electrons. The summed E-state index contributed by atoms with van der Waals surface area (Å²) in [5.41, 5.74) is 8.49. The molecule has 0 fully saturated rings. The number of rotatable bonds is 8. The van der Waals surface area contributed by atoms with Gasteiger partial charge in [-0.3, -0.25) is 4.79 Å². The fourth-order valence-corrected chi connectivity index (χ4v) is 3.84. The van der Waals surface area contributed by atoms with Crippen LogP contribution in [0.2, 0.25) is 0 Å². The number of benzene rings is 2. The van der Waals surface area contributed by atoms with Crippen LogP contribution in [0.4, 0.5) is 5.82 Å². The number of carbonyl (C=O) groups excluding carboxylic acids is 1. The second kappa shape index (κ2) is 9.95. The van der Waals surface area contributed by atoms with E-state index in [0.29, 0.717) is 46.3 Å². The van der Waals surface area contributed by atoms with Crippen LogP contribution in [0.3, 0.4) is 0 Å². The van der Waals surface area contributed by atoms with E-state index in [1.54, 1.807) is 48.7 Å². The summed E-state index contributed by atoms with van der Waals surface area (Å²) in [6.07, 6.45) is 0.655. The Morgan fingerprint density at radius 3 is 2.73 bits per heavy atom. The molecule has 37 heavy (non-hydrogen) atoms. The quantitative estimate of drug-likeness (QED) is 0.247. The molecule has 12 heteroatoms. The normalized spacial score (nSPS) is 11.9. The molecule has 3 aromatic heterocycles. The van der Waals surface area contributed by atoms with Gasteiger partial charge in [0.1, 0.15) is 17.0 Å². The third-order valence-corrected chi connectivity index (χ3v) is 5.70. The molecule has 0 aliphatic carbocycles. The number of nitrogens with zero attached hydrogens (tertiary/aromatic N) is 5. The molecule has 2 aromatic carbocycles. The van der Waals surface area contributed by atoms with E-state index in [1.165, 1.54) is 12.1 Å². The van der Waals surface area contributed by atoms with E-state index in [9.17, 15) is 15.0 Å². The monoisotopic (exact) mass is 501 g/mol. The second-order valence-electron chi connectivity index (χ2n) is 8.14. The van der Waals surface area contributed by atoms with E-state index < -0.39 is 6.10 Å². The van der Waals surface area contributed by atoms with Crippen molar-refractivity contribution in [2.24, 2.45) is 0 Å². The molecule has 12 nitrogen and oxygen atoms in total. The van der Waals surface area contributed by atoms with Crippen molar-refractivity contribution >= 4 is 22.8 Å². The molecule has 3 heterocycles. The van der Waals surface area contributed by atoms with E-state index >= 15 is 0 Å². The average Bonchev–Trinajstić information content (AvgIpc) is 3.49. The van der Waals surface area contributed by atoms with Gasteiger partial charge in [-0.1, -0.05) is 18.2 Å². The number of amides is 1. The van der Waals surface area contributed by atoms with E-state index in [2.05, 4.69) is 25.6 Å². The lowest BCUT2D eigenvalue weighted by atomic mass is 10.1. The first-order chi connectivity index (χ1) is 17.9. The molecule has 5 N–H and O–H groups in total. The molecule has 0 bridgehead atoms. The number of fused-ring (bicyclic) bond motifs is 1. The number of imidazole rings is 1. The maximum atomic E-state index is 12.7. The molecule has 5 rings (SSSR count). The van der Waals surface area contributed by atoms with Crippen LogP contribution in [-0.4, -0.2) is 47.5 Å². The van der Waals surface area contributed by atoms with Gasteiger partial charge >= 0.3 is 0 Å². The molecule has 5 aromatic rings. The number of carbonyl (C=O) groups is 1. The zero-order valence-corrected chi connectivity index (χ0v) is 19.7. The van der Waals surface area contributed by atoms with Gasteiger partial charge in [-0.15, -0.1) is 0 Å². The van der Waals surface area contributed by atoms with Crippen molar-refractivity contribution in [2.45, 2.75) is 19.6 Å². The smallest absolute Gasteiger partial charge is 0.251 e. The number of aromatic hydroxyl groups is 1. The number of ether oxygens (including phenoxy) is 1. The molecule has 1 atom stereocenters. The van der Waals surface area contributed by atoms with Gasteiger partial charge in [0.15, 0.2) is 17.3 Å². The van der Waals surface area contributed by atoms with E-state index in [-0.39, 0.29) is 24.0 Å². The molecule has 0 aliphatic heterocycles. The maximum Gasteiger partial charge on any atom is 0.251 e. The summed E-state index contributed by atoms with van der Waals surface area (Å²) >= 11 is 0. The summed E-state index contributed by atoms with van der Waals surface area (Å²) in [5, 5.41) is 29.8. The molecule has 0 saturated carbocycles. The minimum atomic E-state index is -0.920. The Bertz CT molecular complexity index is 1560. The van der Waals surface area contributed by atoms with Crippen LogP contribution < -0.4 is 15.8 Å². The molecule has 0 saturated heterocycles. The Kier molecular flexibility index (Phi) is 6.39. The van der Waals surface area contributed by atoms with E-state index in [1.807, 2.05) is 11.5 Å². The van der Waals surface area contributed by atoms with Gasteiger partial charge in [0.05, 0.1) is 17.8 Å². The molecule has 1 amide bonds. The molecule has 0 aliphatic rings. The van der Waals surface area contributed by atoms with Crippen molar-refractivity contribution in [3.05, 3.63) is 71.9 Å². The van der Waals surface area contributed by atoms with Crippen LogP contribution in [0.25, 0.3) is 22.6 Å². The highest BCUT2D eigenvalue weighted by atomic mass is 16.6. The molecular weight excluding hydrogens is 478 g/mol. The van der Waals surface area contributed by atoms with Crippen LogP contribution in [-0.2, 0) is 6.54 Å².